The van der Waals surface area contributed by atoms with Gasteiger partial charge in [0.05, 0.1) is 0 Å². The summed E-state index contributed by atoms with van der Waals surface area (Å²) in [5.41, 5.74) is 5.56. The average Bonchev–Trinajstić information content (AvgIpc) is 1.94. The molecular weight excluding hydrogens is 130 g/mol. The van der Waals surface area contributed by atoms with E-state index < -0.39 is 0 Å². The van der Waals surface area contributed by atoms with Crippen LogP contribution in [0.1, 0.15) is 0 Å². The molecular formula is C7H7NO2. The van der Waals surface area contributed by atoms with Crippen molar-refractivity contribution < 1.29 is 9.59 Å². The Bertz CT molecular complexity index is 238. The minimum atomic E-state index is -0.167. The normalized spacial score (nSPS) is 17.5. The molecule has 52 valence electrons. The van der Waals surface area contributed by atoms with Crippen LogP contribution in [-0.4, -0.2) is 18.1 Å². The van der Waals surface area contributed by atoms with Crippen molar-refractivity contribution >= 4 is 11.6 Å². The van der Waals surface area contributed by atoms with Gasteiger partial charge in [-0.1, -0.05) is 0 Å². The Morgan fingerprint density at radius 3 is 2.50 bits per heavy atom. The first-order chi connectivity index (χ1) is 4.74. The summed E-state index contributed by atoms with van der Waals surface area (Å²) in [7, 11) is 0. The molecule has 3 heteroatoms. The molecule has 0 unspecified atom stereocenters. The zero-order valence-electron chi connectivity index (χ0n) is 5.33. The van der Waals surface area contributed by atoms with E-state index in [-0.39, 0.29) is 18.1 Å². The number of carbonyl (C=O) groups is 2. The van der Waals surface area contributed by atoms with Gasteiger partial charge in [-0.3, -0.25) is 9.59 Å². The van der Waals surface area contributed by atoms with Crippen molar-refractivity contribution in [2.75, 3.05) is 6.54 Å². The molecule has 1 rings (SSSR count). The fraction of sp³-hybridized carbons (Fsp3) is 0.143. The summed E-state index contributed by atoms with van der Waals surface area (Å²) < 4.78 is 0. The molecule has 0 aromatic rings. The highest BCUT2D eigenvalue weighted by atomic mass is 16.1. The van der Waals surface area contributed by atoms with Gasteiger partial charge in [0.15, 0.2) is 11.6 Å². The van der Waals surface area contributed by atoms with Gasteiger partial charge in [-0.15, -0.1) is 0 Å². The van der Waals surface area contributed by atoms with Gasteiger partial charge in [-0.2, -0.15) is 0 Å². The van der Waals surface area contributed by atoms with Gasteiger partial charge < -0.3 is 5.73 Å². The monoisotopic (exact) mass is 137 g/mol. The van der Waals surface area contributed by atoms with E-state index in [1.54, 1.807) is 0 Å². The Morgan fingerprint density at radius 2 is 2.00 bits per heavy atom. The van der Waals surface area contributed by atoms with E-state index in [9.17, 15) is 9.59 Å². The molecule has 0 aromatic carbocycles. The predicted octanol–water partition coefficient (Wildman–Crippen LogP) is -0.421. The summed E-state index contributed by atoms with van der Waals surface area (Å²) in [6, 6.07) is 0. The predicted molar refractivity (Wildman–Crippen MR) is 36.3 cm³/mol. The van der Waals surface area contributed by atoms with Crippen molar-refractivity contribution in [3.63, 3.8) is 0 Å². The molecule has 0 aliphatic heterocycles. The Balaban J connectivity index is 2.89. The molecule has 1 aliphatic carbocycles. The molecule has 0 spiro atoms. The van der Waals surface area contributed by atoms with E-state index in [0.717, 1.165) is 0 Å². The van der Waals surface area contributed by atoms with Crippen LogP contribution >= 0.6 is 0 Å². The number of rotatable bonds is 1. The quantitative estimate of drug-likeness (QED) is 0.499. The highest BCUT2D eigenvalue weighted by molar-refractivity contribution is 6.17. The SMILES string of the molecule is NCC1=CC(=O)C=CC1=O. The summed E-state index contributed by atoms with van der Waals surface area (Å²) in [5.74, 6) is -0.331. The Kier molecular flexibility index (Phi) is 1.78. The van der Waals surface area contributed by atoms with Crippen LogP contribution in [0.25, 0.3) is 0 Å². The second-order valence-corrected chi connectivity index (χ2v) is 1.97. The molecule has 0 saturated heterocycles. The Hall–Kier alpha value is -1.22. The fourth-order valence-corrected chi connectivity index (χ4v) is 0.715. The first-order valence-corrected chi connectivity index (χ1v) is 2.91. The van der Waals surface area contributed by atoms with Gasteiger partial charge in [0.25, 0.3) is 0 Å². The lowest BCUT2D eigenvalue weighted by atomic mass is 10.0. The minimum Gasteiger partial charge on any atom is -0.326 e. The summed E-state index contributed by atoms with van der Waals surface area (Å²) in [6.45, 7) is 0.134. The van der Waals surface area contributed by atoms with Crippen molar-refractivity contribution in [2.24, 2.45) is 5.73 Å². The molecule has 1 aliphatic rings. The molecule has 0 radical (unpaired) electrons. The van der Waals surface area contributed by atoms with Crippen molar-refractivity contribution in [1.29, 1.82) is 0 Å². The van der Waals surface area contributed by atoms with Gasteiger partial charge in [0.2, 0.25) is 0 Å². The lowest BCUT2D eigenvalue weighted by molar-refractivity contribution is -0.114. The lowest BCUT2D eigenvalue weighted by Gasteiger charge is -2.01. The van der Waals surface area contributed by atoms with E-state index in [4.69, 9.17) is 5.73 Å². The Labute approximate surface area is 58.2 Å². The Morgan fingerprint density at radius 1 is 1.30 bits per heavy atom. The maximum Gasteiger partial charge on any atom is 0.183 e. The van der Waals surface area contributed by atoms with E-state index in [0.29, 0.717) is 5.57 Å². The van der Waals surface area contributed by atoms with Crippen molar-refractivity contribution in [3.05, 3.63) is 23.8 Å². The van der Waals surface area contributed by atoms with Crippen LogP contribution < -0.4 is 5.73 Å². The van der Waals surface area contributed by atoms with Crippen molar-refractivity contribution in [1.82, 2.24) is 0 Å². The van der Waals surface area contributed by atoms with Crippen molar-refractivity contribution in [3.8, 4) is 0 Å². The van der Waals surface area contributed by atoms with Gasteiger partial charge in [0.1, 0.15) is 0 Å². The summed E-state index contributed by atoms with van der Waals surface area (Å²) in [4.78, 5) is 21.4. The van der Waals surface area contributed by atoms with Crippen LogP contribution in [0, 0.1) is 0 Å². The van der Waals surface area contributed by atoms with Crippen LogP contribution in [0.3, 0.4) is 0 Å². The van der Waals surface area contributed by atoms with E-state index >= 15 is 0 Å². The molecule has 2 N–H and O–H groups in total. The maximum absolute atomic E-state index is 10.8. The molecule has 0 fully saturated rings. The lowest BCUT2D eigenvalue weighted by Crippen LogP contribution is -2.15. The fourth-order valence-electron chi connectivity index (χ4n) is 0.715. The van der Waals surface area contributed by atoms with Gasteiger partial charge in [-0.05, 0) is 18.2 Å². The largest absolute Gasteiger partial charge is 0.326 e. The number of hydrogen-bond donors (Lipinski definition) is 1. The van der Waals surface area contributed by atoms with Crippen LogP contribution in [0.5, 0.6) is 0 Å². The molecule has 0 amide bonds. The van der Waals surface area contributed by atoms with Gasteiger partial charge in [0, 0.05) is 12.1 Å². The standard InChI is InChI=1S/C7H7NO2/c8-4-5-3-6(9)1-2-7(5)10/h1-3H,4,8H2. The zero-order valence-corrected chi connectivity index (χ0v) is 5.33. The first kappa shape index (κ1) is 6.89. The minimum absolute atomic E-state index is 0.134. The molecule has 10 heavy (non-hydrogen) atoms. The van der Waals surface area contributed by atoms with Crippen LogP contribution in [-0.2, 0) is 9.59 Å². The third-order valence-corrected chi connectivity index (χ3v) is 1.25. The number of hydrogen-bond acceptors (Lipinski definition) is 3. The molecule has 3 nitrogen and oxygen atoms in total. The number of nitrogens with two attached hydrogens (primary N) is 1. The average molecular weight is 137 g/mol. The van der Waals surface area contributed by atoms with Gasteiger partial charge in [-0.25, -0.2) is 0 Å². The van der Waals surface area contributed by atoms with Crippen LogP contribution in [0.15, 0.2) is 23.8 Å². The summed E-state index contributed by atoms with van der Waals surface area (Å²) >= 11 is 0. The van der Waals surface area contributed by atoms with Gasteiger partial charge >= 0.3 is 0 Å². The number of allylic oxidation sites excluding steroid dienone is 3. The molecule has 0 aromatic heterocycles. The molecule has 0 atom stereocenters. The molecule has 0 bridgehead atoms. The third kappa shape index (κ3) is 1.19. The summed E-state index contributed by atoms with van der Waals surface area (Å²) in [6.07, 6.45) is 3.74. The number of ketones is 2. The molecule has 0 heterocycles. The smallest absolute Gasteiger partial charge is 0.183 e. The first-order valence-electron chi connectivity index (χ1n) is 2.91. The van der Waals surface area contributed by atoms with E-state index in [1.807, 2.05) is 0 Å². The number of carbonyl (C=O) groups excluding carboxylic acids is 2. The van der Waals surface area contributed by atoms with Crippen LogP contribution in [0.4, 0.5) is 0 Å². The summed E-state index contributed by atoms with van der Waals surface area (Å²) in [5, 5.41) is 0. The van der Waals surface area contributed by atoms with Crippen LogP contribution in [0.2, 0.25) is 0 Å². The topological polar surface area (TPSA) is 60.2 Å². The van der Waals surface area contributed by atoms with Crippen molar-refractivity contribution in [2.45, 2.75) is 0 Å². The zero-order chi connectivity index (χ0) is 7.56. The second-order valence-electron chi connectivity index (χ2n) is 1.97. The third-order valence-electron chi connectivity index (χ3n) is 1.25. The van der Waals surface area contributed by atoms with E-state index in [1.165, 1.54) is 18.2 Å². The second kappa shape index (κ2) is 2.58. The highest BCUT2D eigenvalue weighted by Crippen LogP contribution is 2.02. The van der Waals surface area contributed by atoms with E-state index in [2.05, 4.69) is 0 Å². The highest BCUT2D eigenvalue weighted by Gasteiger charge is 2.10. The molecule has 0 saturated carbocycles. The maximum atomic E-state index is 10.8.